The van der Waals surface area contributed by atoms with Crippen molar-refractivity contribution < 1.29 is 8.83 Å². The Morgan fingerprint density at radius 3 is 2.68 bits per heavy atom. The summed E-state index contributed by atoms with van der Waals surface area (Å²) in [5, 5.41) is 14.0. The van der Waals surface area contributed by atoms with E-state index in [4.69, 9.17) is 8.83 Å². The first kappa shape index (κ1) is 13.5. The van der Waals surface area contributed by atoms with Crippen LogP contribution in [-0.4, -0.2) is 21.7 Å². The van der Waals surface area contributed by atoms with Crippen molar-refractivity contribution in [1.29, 1.82) is 0 Å². The quantitative estimate of drug-likeness (QED) is 0.787. The molecule has 2 N–H and O–H groups in total. The third-order valence-corrected chi connectivity index (χ3v) is 2.36. The van der Waals surface area contributed by atoms with Gasteiger partial charge in [-0.25, -0.2) is 4.98 Å². The number of rotatable bonds is 7. The summed E-state index contributed by atoms with van der Waals surface area (Å²) in [7, 11) is 0. The smallest absolute Gasteiger partial charge is 0.315 e. The van der Waals surface area contributed by atoms with Crippen molar-refractivity contribution >= 4 is 6.01 Å². The fourth-order valence-electron chi connectivity index (χ4n) is 1.50. The minimum Gasteiger partial charge on any atom is -0.444 e. The molecule has 104 valence electrons. The van der Waals surface area contributed by atoms with Crippen molar-refractivity contribution in [3.8, 4) is 0 Å². The second-order valence-corrected chi connectivity index (χ2v) is 4.74. The number of aryl methyl sites for hydroxylation is 1. The summed E-state index contributed by atoms with van der Waals surface area (Å²) in [6, 6.07) is 0.372. The lowest BCUT2D eigenvalue weighted by Crippen LogP contribution is -2.19. The zero-order valence-corrected chi connectivity index (χ0v) is 11.4. The van der Waals surface area contributed by atoms with Crippen LogP contribution < -0.4 is 10.6 Å². The molecule has 0 bridgehead atoms. The van der Waals surface area contributed by atoms with Crippen LogP contribution in [0.5, 0.6) is 0 Å². The van der Waals surface area contributed by atoms with Crippen LogP contribution in [0.3, 0.4) is 0 Å². The highest BCUT2D eigenvalue weighted by molar-refractivity contribution is 5.17. The molecule has 2 aromatic heterocycles. The number of hydrogen-bond donors (Lipinski definition) is 2. The molecule has 0 radical (unpaired) electrons. The summed E-state index contributed by atoms with van der Waals surface area (Å²) < 4.78 is 10.8. The first-order chi connectivity index (χ1) is 9.13. The van der Waals surface area contributed by atoms with E-state index in [9.17, 15) is 0 Å². The molecule has 19 heavy (non-hydrogen) atoms. The molecule has 0 unspecified atom stereocenters. The summed E-state index contributed by atoms with van der Waals surface area (Å²) in [5.74, 6) is 2.52. The van der Waals surface area contributed by atoms with Gasteiger partial charge in [-0.05, 0) is 19.4 Å². The van der Waals surface area contributed by atoms with Crippen LogP contribution >= 0.6 is 0 Å². The summed E-state index contributed by atoms with van der Waals surface area (Å²) in [5.41, 5.74) is 0. The minimum absolute atomic E-state index is 0.372. The SMILES string of the molecule is Cc1cnc(CNc2nnc(CNCC(C)C)o2)o1. The van der Waals surface area contributed by atoms with Gasteiger partial charge >= 0.3 is 6.01 Å². The molecule has 0 aliphatic carbocycles. The highest BCUT2D eigenvalue weighted by Gasteiger charge is 2.07. The molecule has 0 saturated heterocycles. The topological polar surface area (TPSA) is 89.0 Å². The van der Waals surface area contributed by atoms with Crippen molar-refractivity contribution in [2.45, 2.75) is 33.9 Å². The zero-order valence-electron chi connectivity index (χ0n) is 11.4. The molecule has 2 aromatic rings. The predicted molar refractivity (Wildman–Crippen MR) is 69.4 cm³/mol. The lowest BCUT2D eigenvalue weighted by atomic mass is 10.2. The van der Waals surface area contributed by atoms with Gasteiger partial charge in [0, 0.05) is 0 Å². The van der Waals surface area contributed by atoms with Gasteiger partial charge in [-0.2, -0.15) is 0 Å². The molecule has 7 nitrogen and oxygen atoms in total. The zero-order chi connectivity index (χ0) is 13.7. The van der Waals surface area contributed by atoms with Crippen LogP contribution in [0, 0.1) is 12.8 Å². The minimum atomic E-state index is 0.372. The van der Waals surface area contributed by atoms with Crippen molar-refractivity contribution in [3.05, 3.63) is 23.7 Å². The lowest BCUT2D eigenvalue weighted by Gasteiger charge is -2.03. The van der Waals surface area contributed by atoms with E-state index in [2.05, 4.69) is 39.7 Å². The van der Waals surface area contributed by atoms with E-state index in [1.807, 2.05) is 6.92 Å². The number of hydrogen-bond acceptors (Lipinski definition) is 7. The maximum atomic E-state index is 5.43. The monoisotopic (exact) mass is 265 g/mol. The maximum Gasteiger partial charge on any atom is 0.315 e. The number of nitrogens with zero attached hydrogens (tertiary/aromatic N) is 3. The first-order valence-corrected chi connectivity index (χ1v) is 6.31. The Balaban J connectivity index is 1.77. The Bertz CT molecular complexity index is 506. The predicted octanol–water partition coefficient (Wildman–Crippen LogP) is 1.72. The molecule has 0 aliphatic heterocycles. The third-order valence-electron chi connectivity index (χ3n) is 2.36. The summed E-state index contributed by atoms with van der Waals surface area (Å²) >= 11 is 0. The fraction of sp³-hybridized carbons (Fsp3) is 0.583. The molecule has 0 atom stereocenters. The number of aromatic nitrogens is 3. The van der Waals surface area contributed by atoms with Gasteiger partial charge in [0.2, 0.25) is 11.8 Å². The van der Waals surface area contributed by atoms with Gasteiger partial charge in [0.05, 0.1) is 19.3 Å². The van der Waals surface area contributed by atoms with E-state index in [1.165, 1.54) is 0 Å². The van der Waals surface area contributed by atoms with Gasteiger partial charge in [0.1, 0.15) is 5.76 Å². The van der Waals surface area contributed by atoms with Crippen LogP contribution in [0.15, 0.2) is 15.0 Å². The van der Waals surface area contributed by atoms with Crippen molar-refractivity contribution in [1.82, 2.24) is 20.5 Å². The van der Waals surface area contributed by atoms with Crippen LogP contribution in [0.2, 0.25) is 0 Å². The third kappa shape index (κ3) is 4.36. The van der Waals surface area contributed by atoms with Gasteiger partial charge < -0.3 is 19.5 Å². The Morgan fingerprint density at radius 2 is 2.00 bits per heavy atom. The summed E-state index contributed by atoms with van der Waals surface area (Å²) in [6.45, 7) is 8.06. The van der Waals surface area contributed by atoms with E-state index in [1.54, 1.807) is 6.20 Å². The second-order valence-electron chi connectivity index (χ2n) is 4.74. The van der Waals surface area contributed by atoms with Gasteiger partial charge in [0.15, 0.2) is 0 Å². The molecule has 0 spiro atoms. The second kappa shape index (κ2) is 6.33. The highest BCUT2D eigenvalue weighted by atomic mass is 16.4. The number of oxazole rings is 1. The Kier molecular flexibility index (Phi) is 4.51. The van der Waals surface area contributed by atoms with Gasteiger partial charge in [0.25, 0.3) is 0 Å². The molecule has 2 rings (SSSR count). The normalized spacial score (nSPS) is 11.2. The van der Waals surface area contributed by atoms with Crippen molar-refractivity contribution in [2.24, 2.45) is 5.92 Å². The maximum absolute atomic E-state index is 5.43. The Morgan fingerprint density at radius 1 is 1.16 bits per heavy atom. The molecular weight excluding hydrogens is 246 g/mol. The van der Waals surface area contributed by atoms with Crippen molar-refractivity contribution in [2.75, 3.05) is 11.9 Å². The molecule has 7 heteroatoms. The van der Waals surface area contributed by atoms with Crippen LogP contribution in [-0.2, 0) is 13.1 Å². The van der Waals surface area contributed by atoms with Crippen LogP contribution in [0.25, 0.3) is 0 Å². The molecular formula is C12H19N5O2. The number of anilines is 1. The summed E-state index contributed by atoms with van der Waals surface area (Å²) in [6.07, 6.45) is 1.67. The van der Waals surface area contributed by atoms with Crippen LogP contribution in [0.1, 0.15) is 31.4 Å². The molecule has 0 saturated carbocycles. The first-order valence-electron chi connectivity index (χ1n) is 6.31. The molecule has 0 aromatic carbocycles. The van der Waals surface area contributed by atoms with Crippen molar-refractivity contribution in [3.63, 3.8) is 0 Å². The van der Waals surface area contributed by atoms with Gasteiger partial charge in [-0.3, -0.25) is 0 Å². The molecule has 2 heterocycles. The summed E-state index contributed by atoms with van der Waals surface area (Å²) in [4.78, 5) is 4.08. The number of nitrogens with one attached hydrogen (secondary N) is 2. The van der Waals surface area contributed by atoms with Crippen LogP contribution in [0.4, 0.5) is 6.01 Å². The van der Waals surface area contributed by atoms with E-state index in [-0.39, 0.29) is 0 Å². The molecule has 0 aliphatic rings. The van der Waals surface area contributed by atoms with Gasteiger partial charge in [-0.1, -0.05) is 18.9 Å². The Hall–Kier alpha value is -1.89. The van der Waals surface area contributed by atoms with Gasteiger partial charge in [-0.15, -0.1) is 5.10 Å². The standard InChI is InChI=1S/C12H19N5O2/c1-8(2)4-13-6-11-16-17-12(19-11)15-7-10-14-5-9(3)18-10/h5,8,13H,4,6-7H2,1-3H3,(H,15,17). The lowest BCUT2D eigenvalue weighted by molar-refractivity contribution is 0.451. The van der Waals surface area contributed by atoms with E-state index >= 15 is 0 Å². The fourth-order valence-corrected chi connectivity index (χ4v) is 1.50. The average Bonchev–Trinajstić information content (AvgIpc) is 2.95. The highest BCUT2D eigenvalue weighted by Crippen LogP contribution is 2.08. The van der Waals surface area contributed by atoms with E-state index < -0.39 is 0 Å². The largest absolute Gasteiger partial charge is 0.444 e. The van der Waals surface area contributed by atoms with E-state index in [0.29, 0.717) is 36.8 Å². The molecule has 0 fully saturated rings. The van der Waals surface area contributed by atoms with E-state index in [0.717, 1.165) is 12.3 Å². The Labute approximate surface area is 111 Å². The average molecular weight is 265 g/mol. The molecule has 0 amide bonds.